The van der Waals surface area contributed by atoms with Gasteiger partial charge in [0.2, 0.25) is 0 Å². The third-order valence-electron chi connectivity index (χ3n) is 6.42. The van der Waals surface area contributed by atoms with E-state index in [1.54, 1.807) is 12.3 Å². The fourth-order valence-electron chi connectivity index (χ4n) is 4.61. The van der Waals surface area contributed by atoms with Crippen LogP contribution in [-0.4, -0.2) is 33.0 Å². The van der Waals surface area contributed by atoms with Gasteiger partial charge in [-0.2, -0.15) is 4.39 Å². The normalized spacial score (nSPS) is 19.3. The number of hydrogen-bond donors (Lipinski definition) is 3. The van der Waals surface area contributed by atoms with E-state index in [0.717, 1.165) is 42.3 Å². The molecule has 166 valence electrons. The molecular formula is C21H22ClFN8S. The van der Waals surface area contributed by atoms with Gasteiger partial charge in [-0.1, -0.05) is 29.4 Å². The van der Waals surface area contributed by atoms with Crippen molar-refractivity contribution in [2.75, 3.05) is 29.5 Å². The van der Waals surface area contributed by atoms with E-state index < -0.39 is 5.95 Å². The highest BCUT2D eigenvalue weighted by atomic mass is 35.5. The van der Waals surface area contributed by atoms with Gasteiger partial charge < -0.3 is 22.1 Å². The van der Waals surface area contributed by atoms with E-state index in [2.05, 4.69) is 26.0 Å². The van der Waals surface area contributed by atoms with Crippen molar-refractivity contribution in [1.82, 2.24) is 19.9 Å². The smallest absolute Gasteiger partial charge is 0.257 e. The standard InChI is InChI=1S/C21H22ClFN8S/c22-14-13(3-7-28-17(14)25)32-20-18(26)30-19(16(23)29-20)31-8-4-21(5-9-31)10-12-11(15(21)24)2-1-6-27-12/h1-3,6-7,15H,4-5,8-10,24H2,(H2,25,28)(H2,26,30). The molecule has 6 N–H and O–H groups in total. The van der Waals surface area contributed by atoms with Crippen LogP contribution in [0.15, 0.2) is 40.5 Å². The summed E-state index contributed by atoms with van der Waals surface area (Å²) in [6.07, 6.45) is 5.80. The summed E-state index contributed by atoms with van der Waals surface area (Å²) < 4.78 is 15.0. The molecule has 1 fully saturated rings. The maximum Gasteiger partial charge on any atom is 0.257 e. The first-order valence-electron chi connectivity index (χ1n) is 10.2. The summed E-state index contributed by atoms with van der Waals surface area (Å²) in [5.41, 5.74) is 20.6. The third kappa shape index (κ3) is 3.52. The van der Waals surface area contributed by atoms with Crippen LogP contribution >= 0.6 is 23.4 Å². The van der Waals surface area contributed by atoms with Crippen LogP contribution in [0.25, 0.3) is 0 Å². The van der Waals surface area contributed by atoms with Gasteiger partial charge in [0.05, 0.1) is 5.02 Å². The van der Waals surface area contributed by atoms with E-state index in [4.69, 9.17) is 28.8 Å². The van der Waals surface area contributed by atoms with Crippen molar-refractivity contribution in [2.24, 2.45) is 11.1 Å². The Kier molecular flexibility index (Phi) is 5.31. The zero-order valence-corrected chi connectivity index (χ0v) is 18.7. The Morgan fingerprint density at radius 1 is 1.09 bits per heavy atom. The first kappa shape index (κ1) is 21.2. The van der Waals surface area contributed by atoms with Crippen LogP contribution in [0.2, 0.25) is 5.02 Å². The average molecular weight is 473 g/mol. The Bertz CT molecular complexity index is 1180. The minimum absolute atomic E-state index is 0.0591. The summed E-state index contributed by atoms with van der Waals surface area (Å²) in [7, 11) is 0. The van der Waals surface area contributed by atoms with Gasteiger partial charge >= 0.3 is 0 Å². The summed E-state index contributed by atoms with van der Waals surface area (Å²) in [5, 5.41) is 0.500. The Morgan fingerprint density at radius 2 is 1.88 bits per heavy atom. The van der Waals surface area contributed by atoms with Gasteiger partial charge in [-0.05, 0) is 42.4 Å². The summed E-state index contributed by atoms with van der Waals surface area (Å²) in [4.78, 5) is 19.3. The van der Waals surface area contributed by atoms with Gasteiger partial charge in [0, 0.05) is 42.1 Å². The Hall–Kier alpha value is -2.69. The fourth-order valence-corrected chi connectivity index (χ4v) is 5.65. The molecule has 5 rings (SSSR count). The highest BCUT2D eigenvalue weighted by molar-refractivity contribution is 7.99. The van der Waals surface area contributed by atoms with Crippen LogP contribution in [0.4, 0.5) is 21.8 Å². The van der Waals surface area contributed by atoms with Crippen molar-refractivity contribution in [3.8, 4) is 0 Å². The molecule has 3 aromatic rings. The summed E-state index contributed by atoms with van der Waals surface area (Å²) >= 11 is 7.28. The number of fused-ring (bicyclic) bond motifs is 1. The molecule has 2 aliphatic rings. The van der Waals surface area contributed by atoms with Crippen molar-refractivity contribution in [2.45, 2.75) is 35.2 Å². The lowest BCUT2D eigenvalue weighted by molar-refractivity contribution is 0.186. The van der Waals surface area contributed by atoms with Gasteiger partial charge in [-0.25, -0.2) is 15.0 Å². The molecule has 0 aromatic carbocycles. The molecule has 1 saturated heterocycles. The van der Waals surface area contributed by atoms with Crippen LogP contribution in [0.1, 0.15) is 30.1 Å². The van der Waals surface area contributed by atoms with Crippen LogP contribution in [0, 0.1) is 11.4 Å². The molecule has 1 aliphatic carbocycles. The van der Waals surface area contributed by atoms with Gasteiger partial charge in [0.15, 0.2) is 11.6 Å². The number of pyridine rings is 2. The highest BCUT2D eigenvalue weighted by Crippen LogP contribution is 2.50. The van der Waals surface area contributed by atoms with Gasteiger partial charge in [-0.3, -0.25) is 4.98 Å². The van der Waals surface area contributed by atoms with E-state index in [0.29, 0.717) is 18.0 Å². The van der Waals surface area contributed by atoms with Crippen LogP contribution in [0.3, 0.4) is 0 Å². The van der Waals surface area contributed by atoms with Crippen LogP contribution in [-0.2, 0) is 6.42 Å². The largest absolute Gasteiger partial charge is 0.382 e. The van der Waals surface area contributed by atoms with E-state index in [9.17, 15) is 4.39 Å². The number of anilines is 3. The number of rotatable bonds is 3. The number of nitrogens with zero attached hydrogens (tertiary/aromatic N) is 5. The molecule has 32 heavy (non-hydrogen) atoms. The number of nitrogens with two attached hydrogens (primary N) is 3. The van der Waals surface area contributed by atoms with Gasteiger partial charge in [-0.15, -0.1) is 0 Å². The second-order valence-electron chi connectivity index (χ2n) is 8.18. The average Bonchev–Trinajstić information content (AvgIpc) is 3.06. The molecule has 1 aliphatic heterocycles. The molecule has 0 radical (unpaired) electrons. The number of halogens is 2. The number of aromatic nitrogens is 4. The van der Waals surface area contributed by atoms with Gasteiger partial charge in [0.1, 0.15) is 10.8 Å². The molecule has 4 heterocycles. The molecule has 1 spiro atoms. The zero-order chi connectivity index (χ0) is 22.5. The molecule has 0 bridgehead atoms. The predicted molar refractivity (Wildman–Crippen MR) is 123 cm³/mol. The zero-order valence-electron chi connectivity index (χ0n) is 17.1. The van der Waals surface area contributed by atoms with Crippen molar-refractivity contribution in [3.63, 3.8) is 0 Å². The monoisotopic (exact) mass is 472 g/mol. The lowest BCUT2D eigenvalue weighted by atomic mass is 9.73. The molecule has 1 atom stereocenters. The van der Waals surface area contributed by atoms with Crippen LogP contribution in [0.5, 0.6) is 0 Å². The number of piperidine rings is 1. The SMILES string of the molecule is Nc1nc(N2CCC3(CC2)Cc2ncccc2C3N)c(F)nc1Sc1ccnc(N)c1Cl. The van der Waals surface area contributed by atoms with E-state index in [1.807, 2.05) is 11.0 Å². The van der Waals surface area contributed by atoms with Gasteiger partial charge in [0.25, 0.3) is 5.95 Å². The first-order valence-corrected chi connectivity index (χ1v) is 11.4. The Labute approximate surface area is 193 Å². The van der Waals surface area contributed by atoms with E-state index in [1.165, 1.54) is 6.20 Å². The maximum atomic E-state index is 15.0. The minimum Gasteiger partial charge on any atom is -0.382 e. The fraction of sp³-hybridized carbons (Fsp3) is 0.333. The van der Waals surface area contributed by atoms with Crippen molar-refractivity contribution in [1.29, 1.82) is 0 Å². The van der Waals surface area contributed by atoms with E-state index in [-0.39, 0.29) is 39.0 Å². The topological polar surface area (TPSA) is 133 Å². The van der Waals surface area contributed by atoms with E-state index >= 15 is 0 Å². The maximum absolute atomic E-state index is 15.0. The quantitative estimate of drug-likeness (QED) is 0.525. The Morgan fingerprint density at radius 3 is 2.62 bits per heavy atom. The summed E-state index contributed by atoms with van der Waals surface area (Å²) in [6, 6.07) is 5.58. The molecule has 3 aromatic heterocycles. The molecule has 0 amide bonds. The molecule has 0 saturated carbocycles. The summed E-state index contributed by atoms with van der Waals surface area (Å²) in [5.74, 6) is -0.196. The molecule has 1 unspecified atom stereocenters. The lowest BCUT2D eigenvalue weighted by Gasteiger charge is -2.42. The molecule has 11 heteroatoms. The van der Waals surface area contributed by atoms with Crippen LogP contribution < -0.4 is 22.1 Å². The molecule has 8 nitrogen and oxygen atoms in total. The van der Waals surface area contributed by atoms with Crippen molar-refractivity contribution < 1.29 is 4.39 Å². The number of hydrogen-bond acceptors (Lipinski definition) is 9. The lowest BCUT2D eigenvalue weighted by Crippen LogP contribution is -2.45. The third-order valence-corrected chi connectivity index (χ3v) is 7.98. The second-order valence-corrected chi connectivity index (χ2v) is 9.59. The Balaban J connectivity index is 1.34. The first-order chi connectivity index (χ1) is 15.4. The summed E-state index contributed by atoms with van der Waals surface area (Å²) in [6.45, 7) is 1.23. The number of nitrogen functional groups attached to an aromatic ring is 2. The minimum atomic E-state index is -0.670. The van der Waals surface area contributed by atoms with Crippen molar-refractivity contribution in [3.05, 3.63) is 52.8 Å². The highest BCUT2D eigenvalue weighted by Gasteiger charge is 2.47. The second kappa shape index (κ2) is 8.02. The predicted octanol–water partition coefficient (Wildman–Crippen LogP) is 3.22. The van der Waals surface area contributed by atoms with Crippen molar-refractivity contribution >= 4 is 40.8 Å². The molecular weight excluding hydrogens is 451 g/mol.